The van der Waals surface area contributed by atoms with Crippen molar-refractivity contribution in [2.75, 3.05) is 13.1 Å². The van der Waals surface area contributed by atoms with Crippen LogP contribution in [0.1, 0.15) is 45.3 Å². The Morgan fingerprint density at radius 1 is 1.47 bits per heavy atom. The minimum atomic E-state index is -0.346. The normalized spacial score (nSPS) is 14.8. The van der Waals surface area contributed by atoms with E-state index in [1.54, 1.807) is 0 Å². The van der Waals surface area contributed by atoms with Gasteiger partial charge in [-0.05, 0) is 32.4 Å². The maximum atomic E-state index is 9.82. The summed E-state index contributed by atoms with van der Waals surface area (Å²) in [6.07, 6.45) is 4.44. The fourth-order valence-electron chi connectivity index (χ4n) is 1.68. The number of nitrogens with zero attached hydrogens (tertiary/aromatic N) is 2. The third-order valence-corrected chi connectivity index (χ3v) is 2.96. The molecule has 0 aliphatic heterocycles. The van der Waals surface area contributed by atoms with Crippen LogP contribution in [0.3, 0.4) is 0 Å². The Morgan fingerprint density at radius 3 is 2.88 bits per heavy atom. The highest BCUT2D eigenvalue weighted by molar-refractivity contribution is 5.01. The number of nitrogens with one attached hydrogen (secondary N) is 1. The summed E-state index contributed by atoms with van der Waals surface area (Å²) in [6, 6.07) is 2.42. The third kappa shape index (κ3) is 4.88. The maximum absolute atomic E-state index is 9.82. The molecule has 0 amide bonds. The highest BCUT2D eigenvalue weighted by Crippen LogP contribution is 2.10. The molecule has 0 aromatic carbocycles. The van der Waals surface area contributed by atoms with E-state index in [-0.39, 0.29) is 6.10 Å². The van der Waals surface area contributed by atoms with Crippen LogP contribution in [0.25, 0.3) is 0 Å². The van der Waals surface area contributed by atoms with E-state index >= 15 is 0 Å². The van der Waals surface area contributed by atoms with E-state index in [1.165, 1.54) is 0 Å². The van der Waals surface area contributed by atoms with Gasteiger partial charge in [0.2, 0.25) is 0 Å². The number of aromatic nitrogens is 2. The van der Waals surface area contributed by atoms with Gasteiger partial charge in [-0.2, -0.15) is 5.10 Å². The predicted octanol–water partition coefficient (Wildman–Crippen LogP) is 1.76. The number of aliphatic hydroxyl groups is 1. The van der Waals surface area contributed by atoms with E-state index < -0.39 is 0 Å². The number of hydrogen-bond donors (Lipinski definition) is 2. The zero-order valence-corrected chi connectivity index (χ0v) is 11.2. The van der Waals surface area contributed by atoms with Crippen molar-refractivity contribution in [3.8, 4) is 0 Å². The molecule has 0 aliphatic rings. The van der Waals surface area contributed by atoms with E-state index in [4.69, 9.17) is 0 Å². The van der Waals surface area contributed by atoms with Crippen LogP contribution in [0, 0.1) is 0 Å². The molecule has 0 saturated heterocycles. The Hall–Kier alpha value is -0.870. The zero-order chi connectivity index (χ0) is 12.7. The minimum absolute atomic E-state index is 0.346. The van der Waals surface area contributed by atoms with Gasteiger partial charge in [0.25, 0.3) is 0 Å². The largest absolute Gasteiger partial charge is 0.391 e. The quantitative estimate of drug-likeness (QED) is 0.680. The lowest BCUT2D eigenvalue weighted by Crippen LogP contribution is -2.29. The maximum Gasteiger partial charge on any atom is 0.0720 e. The van der Waals surface area contributed by atoms with Crippen molar-refractivity contribution in [3.05, 3.63) is 18.0 Å². The summed E-state index contributed by atoms with van der Waals surface area (Å²) in [4.78, 5) is 0. The number of aliphatic hydroxyl groups excluding tert-OH is 1. The van der Waals surface area contributed by atoms with Crippen LogP contribution >= 0.6 is 0 Å². The molecule has 1 heterocycles. The molecule has 0 bridgehead atoms. The molecule has 2 unspecified atom stereocenters. The van der Waals surface area contributed by atoms with Gasteiger partial charge < -0.3 is 10.4 Å². The van der Waals surface area contributed by atoms with Crippen molar-refractivity contribution < 1.29 is 5.11 Å². The lowest BCUT2D eigenvalue weighted by Gasteiger charge is -2.10. The first-order valence-electron chi connectivity index (χ1n) is 6.60. The second-order valence-electron chi connectivity index (χ2n) is 4.61. The van der Waals surface area contributed by atoms with Crippen LogP contribution < -0.4 is 5.32 Å². The summed E-state index contributed by atoms with van der Waals surface area (Å²) in [5.74, 6) is 0. The van der Waals surface area contributed by atoms with Crippen molar-refractivity contribution >= 4 is 0 Å². The van der Waals surface area contributed by atoms with E-state index in [1.807, 2.05) is 16.9 Å². The van der Waals surface area contributed by atoms with Crippen LogP contribution in [-0.4, -0.2) is 34.1 Å². The molecule has 17 heavy (non-hydrogen) atoms. The molecule has 1 aromatic rings. The fraction of sp³-hybridized carbons (Fsp3) is 0.769. The molecule has 1 aromatic heterocycles. The van der Waals surface area contributed by atoms with Gasteiger partial charge >= 0.3 is 0 Å². The van der Waals surface area contributed by atoms with E-state index in [0.29, 0.717) is 19.0 Å². The molecule has 4 heteroatoms. The van der Waals surface area contributed by atoms with Crippen LogP contribution in [0.4, 0.5) is 0 Å². The molecule has 0 fully saturated rings. The molecular formula is C13H25N3O. The van der Waals surface area contributed by atoms with Crippen LogP contribution in [-0.2, 0) is 6.42 Å². The topological polar surface area (TPSA) is 50.1 Å². The monoisotopic (exact) mass is 239 g/mol. The van der Waals surface area contributed by atoms with E-state index in [9.17, 15) is 5.11 Å². The summed E-state index contributed by atoms with van der Waals surface area (Å²) in [5, 5.41) is 17.5. The Balaban J connectivity index is 2.37. The van der Waals surface area contributed by atoms with Crippen molar-refractivity contribution in [3.63, 3.8) is 0 Å². The lowest BCUT2D eigenvalue weighted by atomic mass is 10.2. The van der Waals surface area contributed by atoms with E-state index in [0.717, 1.165) is 25.1 Å². The van der Waals surface area contributed by atoms with Crippen LogP contribution in [0.15, 0.2) is 12.3 Å². The summed E-state index contributed by atoms with van der Waals surface area (Å²) in [5.41, 5.74) is 0.969. The summed E-state index contributed by atoms with van der Waals surface area (Å²) < 4.78 is 1.97. The van der Waals surface area contributed by atoms with E-state index in [2.05, 4.69) is 31.2 Å². The Labute approximate surface area is 104 Å². The second-order valence-corrected chi connectivity index (χ2v) is 4.61. The van der Waals surface area contributed by atoms with Crippen LogP contribution in [0.2, 0.25) is 0 Å². The average Bonchev–Trinajstić information content (AvgIpc) is 2.77. The average molecular weight is 239 g/mol. The van der Waals surface area contributed by atoms with Gasteiger partial charge in [0.05, 0.1) is 11.8 Å². The first kappa shape index (κ1) is 14.2. The smallest absolute Gasteiger partial charge is 0.0720 e. The second kappa shape index (κ2) is 7.45. The van der Waals surface area contributed by atoms with Crippen molar-refractivity contribution in [2.45, 2.75) is 52.2 Å². The SMILES string of the molecule is CCCNCC(O)Cc1ccn(C(C)CC)n1. The first-order chi connectivity index (χ1) is 8.17. The van der Waals surface area contributed by atoms with Crippen molar-refractivity contribution in [1.29, 1.82) is 0 Å². The van der Waals surface area contributed by atoms with Gasteiger partial charge in [-0.25, -0.2) is 0 Å². The van der Waals surface area contributed by atoms with Crippen molar-refractivity contribution in [2.24, 2.45) is 0 Å². The summed E-state index contributed by atoms with van der Waals surface area (Å²) >= 11 is 0. The Bertz CT molecular complexity index is 311. The molecule has 2 N–H and O–H groups in total. The summed E-state index contributed by atoms with van der Waals surface area (Å²) in [7, 11) is 0. The molecule has 0 spiro atoms. The highest BCUT2D eigenvalue weighted by atomic mass is 16.3. The van der Waals surface area contributed by atoms with Gasteiger partial charge in [0.1, 0.15) is 0 Å². The lowest BCUT2D eigenvalue weighted by molar-refractivity contribution is 0.170. The third-order valence-electron chi connectivity index (χ3n) is 2.96. The van der Waals surface area contributed by atoms with Gasteiger partial charge in [-0.1, -0.05) is 13.8 Å². The van der Waals surface area contributed by atoms with Crippen LogP contribution in [0.5, 0.6) is 0 Å². The molecule has 0 radical (unpaired) electrons. The Kier molecular flexibility index (Phi) is 6.22. The van der Waals surface area contributed by atoms with Crippen molar-refractivity contribution in [1.82, 2.24) is 15.1 Å². The number of hydrogen-bond acceptors (Lipinski definition) is 3. The summed E-state index contributed by atoms with van der Waals surface area (Å²) in [6.45, 7) is 8.02. The molecule has 0 saturated carbocycles. The van der Waals surface area contributed by atoms with Gasteiger partial charge in [-0.3, -0.25) is 4.68 Å². The molecule has 2 atom stereocenters. The van der Waals surface area contributed by atoms with Gasteiger partial charge in [-0.15, -0.1) is 0 Å². The zero-order valence-electron chi connectivity index (χ0n) is 11.2. The standard InChI is InChI=1S/C13H25N3O/c1-4-7-14-10-13(17)9-12-6-8-16(15-12)11(3)5-2/h6,8,11,13-14,17H,4-5,7,9-10H2,1-3H3. The number of rotatable bonds is 8. The Morgan fingerprint density at radius 2 is 2.24 bits per heavy atom. The predicted molar refractivity (Wildman–Crippen MR) is 70.1 cm³/mol. The fourth-order valence-corrected chi connectivity index (χ4v) is 1.68. The molecule has 4 nitrogen and oxygen atoms in total. The molecule has 98 valence electrons. The first-order valence-corrected chi connectivity index (χ1v) is 6.60. The molecule has 1 rings (SSSR count). The van der Waals surface area contributed by atoms with Gasteiger partial charge in [0, 0.05) is 25.2 Å². The van der Waals surface area contributed by atoms with Gasteiger partial charge in [0.15, 0.2) is 0 Å². The molecule has 0 aliphatic carbocycles. The minimum Gasteiger partial charge on any atom is -0.391 e. The highest BCUT2D eigenvalue weighted by Gasteiger charge is 2.09. The molecular weight excluding hydrogens is 214 g/mol.